The monoisotopic (exact) mass is 201 g/mol. The highest BCUT2D eigenvalue weighted by Crippen LogP contribution is 1.98. The molecule has 0 heterocycles. The van der Waals surface area contributed by atoms with Gasteiger partial charge in [-0.1, -0.05) is 6.08 Å². The van der Waals surface area contributed by atoms with E-state index < -0.39 is 5.97 Å². The first-order valence-corrected chi connectivity index (χ1v) is 4.72. The summed E-state index contributed by atoms with van der Waals surface area (Å²) in [6.07, 6.45) is 4.30. The smallest absolute Gasteiger partial charge is 0.119 e. The predicted molar refractivity (Wildman–Crippen MR) is 52.2 cm³/mol. The van der Waals surface area contributed by atoms with Crippen molar-refractivity contribution >= 4 is 5.97 Å². The third-order valence-corrected chi connectivity index (χ3v) is 1.82. The summed E-state index contributed by atoms with van der Waals surface area (Å²) in [6.45, 7) is 3.32. The Morgan fingerprint density at radius 2 is 2.14 bits per heavy atom. The molecule has 0 rings (SSSR count). The van der Waals surface area contributed by atoms with Crippen molar-refractivity contribution in [1.82, 2.24) is 0 Å². The highest BCUT2D eigenvalue weighted by atomic mass is 16.5. The minimum atomic E-state index is -1.01. The van der Waals surface area contributed by atoms with Gasteiger partial charge in [0.25, 0.3) is 0 Å². The Balaban J connectivity index is 3.60. The van der Waals surface area contributed by atoms with E-state index in [2.05, 4.69) is 0 Å². The summed E-state index contributed by atoms with van der Waals surface area (Å²) in [5.74, 6) is -1.01. The van der Waals surface area contributed by atoms with Gasteiger partial charge in [-0.2, -0.15) is 0 Å². The number of hydrogen-bond acceptors (Lipinski definition) is 3. The molecule has 0 atom stereocenters. The van der Waals surface area contributed by atoms with Crippen LogP contribution in [0.15, 0.2) is 12.3 Å². The van der Waals surface area contributed by atoms with E-state index in [0.717, 1.165) is 13.0 Å². The SMILES string of the molecule is CC=COCCC[N+](C)(C)CC(=O)[O-]. The minimum Gasteiger partial charge on any atom is -0.544 e. The Hall–Kier alpha value is -1.03. The number of likely N-dealkylation sites (N-methyl/N-ethyl adjacent to an activating group) is 1. The van der Waals surface area contributed by atoms with Crippen LogP contribution in [0.5, 0.6) is 0 Å². The van der Waals surface area contributed by atoms with Gasteiger partial charge in [0.15, 0.2) is 0 Å². The number of carbonyl (C=O) groups is 1. The van der Waals surface area contributed by atoms with Gasteiger partial charge < -0.3 is 19.1 Å². The Kier molecular flexibility index (Phi) is 5.95. The quantitative estimate of drug-likeness (QED) is 0.324. The van der Waals surface area contributed by atoms with Crippen molar-refractivity contribution in [2.45, 2.75) is 13.3 Å². The molecule has 0 unspecified atom stereocenters. The van der Waals surface area contributed by atoms with E-state index in [1.165, 1.54) is 0 Å². The maximum Gasteiger partial charge on any atom is 0.119 e. The molecule has 14 heavy (non-hydrogen) atoms. The van der Waals surface area contributed by atoms with E-state index in [0.29, 0.717) is 11.1 Å². The molecule has 0 saturated carbocycles. The fourth-order valence-corrected chi connectivity index (χ4v) is 1.17. The van der Waals surface area contributed by atoms with Gasteiger partial charge in [-0.05, 0) is 6.92 Å². The summed E-state index contributed by atoms with van der Waals surface area (Å²) in [5.41, 5.74) is 0. The first kappa shape index (κ1) is 13.0. The van der Waals surface area contributed by atoms with Crippen molar-refractivity contribution in [3.63, 3.8) is 0 Å². The van der Waals surface area contributed by atoms with Crippen LogP contribution in [0.3, 0.4) is 0 Å². The number of hydrogen-bond donors (Lipinski definition) is 0. The summed E-state index contributed by atoms with van der Waals surface area (Å²) in [6, 6.07) is 0. The molecule has 0 aromatic rings. The van der Waals surface area contributed by atoms with Crippen molar-refractivity contribution in [2.24, 2.45) is 0 Å². The fourth-order valence-electron chi connectivity index (χ4n) is 1.17. The summed E-state index contributed by atoms with van der Waals surface area (Å²) in [7, 11) is 3.73. The van der Waals surface area contributed by atoms with Crippen LogP contribution >= 0.6 is 0 Å². The third kappa shape index (κ3) is 7.61. The zero-order chi connectivity index (χ0) is 11.0. The van der Waals surface area contributed by atoms with Gasteiger partial charge in [0.05, 0.1) is 39.5 Å². The van der Waals surface area contributed by atoms with E-state index >= 15 is 0 Å². The summed E-state index contributed by atoms with van der Waals surface area (Å²) < 4.78 is 5.56. The van der Waals surface area contributed by atoms with Crippen LogP contribution in [0.4, 0.5) is 0 Å². The first-order valence-electron chi connectivity index (χ1n) is 4.72. The molecule has 0 saturated heterocycles. The zero-order valence-electron chi connectivity index (χ0n) is 9.16. The number of carboxylic acid groups (broad SMARTS) is 1. The molecule has 82 valence electrons. The molecular formula is C10H19NO3. The highest BCUT2D eigenvalue weighted by molar-refractivity contribution is 5.65. The molecule has 0 aliphatic carbocycles. The first-order chi connectivity index (χ1) is 6.48. The third-order valence-electron chi connectivity index (χ3n) is 1.82. The minimum absolute atomic E-state index is 0.0453. The molecule has 0 aliphatic heterocycles. The lowest BCUT2D eigenvalue weighted by atomic mass is 10.3. The van der Waals surface area contributed by atoms with Crippen molar-refractivity contribution in [3.05, 3.63) is 12.3 Å². The average molecular weight is 201 g/mol. The number of carboxylic acids is 1. The zero-order valence-corrected chi connectivity index (χ0v) is 9.16. The van der Waals surface area contributed by atoms with Gasteiger partial charge >= 0.3 is 0 Å². The van der Waals surface area contributed by atoms with Crippen LogP contribution in [0, 0.1) is 0 Å². The molecular weight excluding hydrogens is 182 g/mol. The maximum absolute atomic E-state index is 10.4. The largest absolute Gasteiger partial charge is 0.544 e. The molecule has 4 heteroatoms. The standard InChI is InChI=1S/C10H19NO3/c1-4-7-14-8-5-6-11(2,3)9-10(12)13/h4,7H,5-6,8-9H2,1-3H3. The Morgan fingerprint density at radius 3 is 2.64 bits per heavy atom. The molecule has 4 nitrogen and oxygen atoms in total. The summed E-state index contributed by atoms with van der Waals surface area (Å²) >= 11 is 0. The van der Waals surface area contributed by atoms with Crippen molar-refractivity contribution < 1.29 is 19.1 Å². The second-order valence-electron chi connectivity index (χ2n) is 3.88. The summed E-state index contributed by atoms with van der Waals surface area (Å²) in [4.78, 5) is 10.4. The van der Waals surface area contributed by atoms with Crippen LogP contribution in [0.25, 0.3) is 0 Å². The van der Waals surface area contributed by atoms with Crippen LogP contribution in [-0.4, -0.2) is 44.2 Å². The average Bonchev–Trinajstić information content (AvgIpc) is 2.01. The Morgan fingerprint density at radius 1 is 1.50 bits per heavy atom. The van der Waals surface area contributed by atoms with E-state index in [-0.39, 0.29) is 6.54 Å². The second-order valence-corrected chi connectivity index (χ2v) is 3.88. The number of carbonyl (C=O) groups excluding carboxylic acids is 1. The second kappa shape index (κ2) is 6.43. The number of aliphatic carboxylic acids is 1. The molecule has 0 spiro atoms. The van der Waals surface area contributed by atoms with Crippen LogP contribution < -0.4 is 5.11 Å². The van der Waals surface area contributed by atoms with Crippen LogP contribution in [0.1, 0.15) is 13.3 Å². The van der Waals surface area contributed by atoms with E-state index in [1.54, 1.807) is 6.26 Å². The lowest BCUT2D eigenvalue weighted by molar-refractivity contribution is -0.885. The number of rotatable bonds is 7. The van der Waals surface area contributed by atoms with Crippen LogP contribution in [0.2, 0.25) is 0 Å². The summed E-state index contributed by atoms with van der Waals surface area (Å²) in [5, 5.41) is 10.4. The number of ether oxygens (including phenoxy) is 1. The predicted octanol–water partition coefficient (Wildman–Crippen LogP) is -0.247. The van der Waals surface area contributed by atoms with Crippen molar-refractivity contribution in [3.8, 4) is 0 Å². The van der Waals surface area contributed by atoms with Gasteiger partial charge in [-0.15, -0.1) is 0 Å². The number of quaternary nitrogens is 1. The van der Waals surface area contributed by atoms with Gasteiger partial charge in [0.2, 0.25) is 0 Å². The Bertz CT molecular complexity index is 200. The van der Waals surface area contributed by atoms with E-state index in [1.807, 2.05) is 27.1 Å². The van der Waals surface area contributed by atoms with Gasteiger partial charge in [0, 0.05) is 6.42 Å². The van der Waals surface area contributed by atoms with E-state index in [9.17, 15) is 9.90 Å². The topological polar surface area (TPSA) is 49.4 Å². The fraction of sp³-hybridized carbons (Fsp3) is 0.700. The molecule has 0 bridgehead atoms. The van der Waals surface area contributed by atoms with Gasteiger partial charge in [-0.25, -0.2) is 0 Å². The van der Waals surface area contributed by atoms with Gasteiger partial charge in [-0.3, -0.25) is 0 Å². The Labute approximate surface area is 85.4 Å². The van der Waals surface area contributed by atoms with Crippen LogP contribution in [-0.2, 0) is 9.53 Å². The van der Waals surface area contributed by atoms with E-state index in [4.69, 9.17) is 4.74 Å². The number of allylic oxidation sites excluding steroid dienone is 1. The molecule has 0 fully saturated rings. The lowest BCUT2D eigenvalue weighted by Gasteiger charge is -2.29. The normalized spacial score (nSPS) is 11.9. The molecule has 0 radical (unpaired) electrons. The van der Waals surface area contributed by atoms with Crippen molar-refractivity contribution in [2.75, 3.05) is 33.8 Å². The number of nitrogens with zero attached hydrogens (tertiary/aromatic N) is 1. The lowest BCUT2D eigenvalue weighted by Crippen LogP contribution is -2.48. The molecule has 0 aromatic heterocycles. The van der Waals surface area contributed by atoms with Crippen molar-refractivity contribution in [1.29, 1.82) is 0 Å². The molecule has 0 aromatic carbocycles. The highest BCUT2D eigenvalue weighted by Gasteiger charge is 2.14. The molecule has 0 amide bonds. The maximum atomic E-state index is 10.4. The van der Waals surface area contributed by atoms with Gasteiger partial charge in [0.1, 0.15) is 6.54 Å². The molecule has 0 aliphatic rings. The molecule has 0 N–H and O–H groups in total.